The Bertz CT molecular complexity index is 1640. The van der Waals surface area contributed by atoms with Gasteiger partial charge in [-0.15, -0.1) is 0 Å². The summed E-state index contributed by atoms with van der Waals surface area (Å²) in [6.45, 7) is 2.56. The average molecular weight is 584 g/mol. The summed E-state index contributed by atoms with van der Waals surface area (Å²) in [6.07, 6.45) is 5.13. The van der Waals surface area contributed by atoms with Crippen molar-refractivity contribution in [2.24, 2.45) is 5.92 Å². The molecule has 5 heterocycles. The number of likely N-dealkylation sites (N-methyl/N-ethyl adjacent to an activating group) is 1. The van der Waals surface area contributed by atoms with E-state index in [0.717, 1.165) is 17.5 Å². The van der Waals surface area contributed by atoms with Gasteiger partial charge in [-0.3, -0.25) is 24.0 Å². The molecule has 3 amide bonds. The minimum atomic E-state index is -2.03. The molecular weight excluding hydrogens is 546 g/mol. The van der Waals surface area contributed by atoms with Crippen molar-refractivity contribution in [2.75, 3.05) is 20.1 Å². The summed E-state index contributed by atoms with van der Waals surface area (Å²) in [4.78, 5) is 50.4. The number of hydrogen-bond donors (Lipinski definition) is 3. The van der Waals surface area contributed by atoms with Gasteiger partial charge in [-0.05, 0) is 62.4 Å². The van der Waals surface area contributed by atoms with Crippen LogP contribution in [0.15, 0.2) is 54.7 Å². The fourth-order valence-electron chi connectivity index (χ4n) is 8.65. The quantitative estimate of drug-likeness (QED) is 0.433. The monoisotopic (exact) mass is 583 g/mol. The van der Waals surface area contributed by atoms with Gasteiger partial charge in [0.25, 0.3) is 11.8 Å². The number of ether oxygens (including phenoxy) is 1. The SMILES string of the molecule is CN1C[C@H](C(=O)N[C@]2(C)OC3(O)[C@H]4CCCN4C(=O)[C@H](Cc4ccccc4)N3C2=O)C[C@@H]2c3cccc4[nH]cc(c34)C[C@H]21. The molecule has 4 saturated heterocycles. The third-order valence-electron chi connectivity index (χ3n) is 10.6. The van der Waals surface area contributed by atoms with Gasteiger partial charge in [0.15, 0.2) is 0 Å². The maximum Gasteiger partial charge on any atom is 0.280 e. The number of rotatable bonds is 4. The van der Waals surface area contributed by atoms with Crippen LogP contribution in [0.5, 0.6) is 0 Å². The van der Waals surface area contributed by atoms with Gasteiger partial charge in [-0.25, -0.2) is 0 Å². The number of nitrogens with zero attached hydrogens (tertiary/aromatic N) is 3. The molecule has 1 aliphatic carbocycles. The number of aromatic nitrogens is 1. The molecule has 0 bridgehead atoms. The first-order valence-corrected chi connectivity index (χ1v) is 15.4. The van der Waals surface area contributed by atoms with E-state index in [4.69, 9.17) is 4.74 Å². The second-order valence-corrected chi connectivity index (χ2v) is 13.2. The fraction of sp³-hybridized carbons (Fsp3) is 0.485. The van der Waals surface area contributed by atoms with Crippen molar-refractivity contribution in [1.82, 2.24) is 25.0 Å². The number of H-pyrrole nitrogens is 1. The lowest BCUT2D eigenvalue weighted by atomic mass is 9.72. The Morgan fingerprint density at radius 2 is 1.98 bits per heavy atom. The zero-order chi connectivity index (χ0) is 29.7. The Balaban J connectivity index is 1.08. The lowest BCUT2D eigenvalue weighted by Crippen LogP contribution is -2.71. The van der Waals surface area contributed by atoms with Crippen LogP contribution >= 0.6 is 0 Å². The van der Waals surface area contributed by atoms with Crippen LogP contribution in [0.2, 0.25) is 0 Å². The Hall–Kier alpha value is -3.73. The van der Waals surface area contributed by atoms with Crippen LogP contribution < -0.4 is 5.32 Å². The Labute approximate surface area is 250 Å². The largest absolute Gasteiger partial charge is 0.361 e. The molecule has 224 valence electrons. The Morgan fingerprint density at radius 3 is 2.79 bits per heavy atom. The van der Waals surface area contributed by atoms with Crippen LogP contribution in [-0.4, -0.2) is 92.4 Å². The van der Waals surface area contributed by atoms with E-state index in [1.54, 1.807) is 4.90 Å². The Morgan fingerprint density at radius 1 is 1.16 bits per heavy atom. The number of hydrogen-bond acceptors (Lipinski definition) is 6. The van der Waals surface area contributed by atoms with Gasteiger partial charge in [-0.2, -0.15) is 0 Å². The molecule has 8 rings (SSSR count). The zero-order valence-corrected chi connectivity index (χ0v) is 24.5. The zero-order valence-electron chi connectivity index (χ0n) is 24.5. The number of carbonyl (C=O) groups is 3. The number of aromatic amines is 1. The van der Waals surface area contributed by atoms with Gasteiger partial charge in [0, 0.05) is 48.6 Å². The first kappa shape index (κ1) is 26.9. The molecule has 4 fully saturated rings. The number of aliphatic hydroxyl groups is 1. The number of piperidine rings is 1. The van der Waals surface area contributed by atoms with Gasteiger partial charge in [0.1, 0.15) is 12.1 Å². The van der Waals surface area contributed by atoms with Crippen molar-refractivity contribution in [1.29, 1.82) is 0 Å². The van der Waals surface area contributed by atoms with E-state index in [9.17, 15) is 19.5 Å². The highest BCUT2D eigenvalue weighted by molar-refractivity contribution is 5.97. The van der Waals surface area contributed by atoms with E-state index in [1.807, 2.05) is 30.3 Å². The van der Waals surface area contributed by atoms with Crippen molar-refractivity contribution in [3.63, 3.8) is 0 Å². The van der Waals surface area contributed by atoms with E-state index in [-0.39, 0.29) is 36.1 Å². The number of piperazine rings is 1. The lowest BCUT2D eigenvalue weighted by Gasteiger charge is -2.48. The molecule has 1 unspecified atom stereocenters. The summed E-state index contributed by atoms with van der Waals surface area (Å²) in [5, 5.41) is 16.2. The third-order valence-corrected chi connectivity index (χ3v) is 10.6. The van der Waals surface area contributed by atoms with Crippen LogP contribution in [0.3, 0.4) is 0 Å². The molecule has 43 heavy (non-hydrogen) atoms. The summed E-state index contributed by atoms with van der Waals surface area (Å²) in [5.74, 6) is -3.31. The van der Waals surface area contributed by atoms with Gasteiger partial charge in [0.2, 0.25) is 17.5 Å². The lowest BCUT2D eigenvalue weighted by molar-refractivity contribution is -0.315. The van der Waals surface area contributed by atoms with E-state index >= 15 is 0 Å². The van der Waals surface area contributed by atoms with Crippen molar-refractivity contribution < 1.29 is 24.2 Å². The molecule has 10 nitrogen and oxygen atoms in total. The van der Waals surface area contributed by atoms with Gasteiger partial charge in [-0.1, -0.05) is 42.5 Å². The average Bonchev–Trinajstić information content (AvgIpc) is 3.70. The molecule has 2 aromatic carbocycles. The number of fused-ring (bicyclic) bond motifs is 5. The molecule has 0 spiro atoms. The first-order chi connectivity index (χ1) is 20.7. The summed E-state index contributed by atoms with van der Waals surface area (Å²) in [7, 11) is 2.06. The molecule has 3 N–H and O–H groups in total. The highest BCUT2D eigenvalue weighted by Crippen LogP contribution is 2.47. The number of nitrogens with one attached hydrogen (secondary N) is 2. The molecule has 10 heteroatoms. The smallest absolute Gasteiger partial charge is 0.280 e. The maximum atomic E-state index is 14.2. The van der Waals surface area contributed by atoms with Crippen LogP contribution in [0.4, 0.5) is 0 Å². The second-order valence-electron chi connectivity index (χ2n) is 13.2. The van der Waals surface area contributed by atoms with E-state index in [1.165, 1.54) is 28.3 Å². The number of amides is 3. The van der Waals surface area contributed by atoms with E-state index < -0.39 is 29.6 Å². The molecule has 0 radical (unpaired) electrons. The number of benzene rings is 2. The second kappa shape index (κ2) is 9.38. The fourth-order valence-corrected chi connectivity index (χ4v) is 8.65. The normalized spacial score (nSPS) is 35.2. The third kappa shape index (κ3) is 3.86. The summed E-state index contributed by atoms with van der Waals surface area (Å²) in [6, 6.07) is 14.4. The van der Waals surface area contributed by atoms with Crippen molar-refractivity contribution >= 4 is 28.6 Å². The maximum absolute atomic E-state index is 14.2. The number of likely N-dealkylation sites (tertiary alicyclic amines) is 1. The summed E-state index contributed by atoms with van der Waals surface area (Å²) in [5.41, 5.74) is 2.74. The molecule has 0 saturated carbocycles. The topological polar surface area (TPSA) is 118 Å². The molecule has 4 aliphatic heterocycles. The van der Waals surface area contributed by atoms with E-state index in [0.29, 0.717) is 32.4 Å². The van der Waals surface area contributed by atoms with Gasteiger partial charge < -0.3 is 25.2 Å². The van der Waals surface area contributed by atoms with Gasteiger partial charge in [0.05, 0.1) is 5.92 Å². The summed E-state index contributed by atoms with van der Waals surface area (Å²) < 4.78 is 6.25. The van der Waals surface area contributed by atoms with Crippen molar-refractivity contribution in [3.8, 4) is 0 Å². The highest BCUT2D eigenvalue weighted by atomic mass is 16.7. The van der Waals surface area contributed by atoms with E-state index in [2.05, 4.69) is 46.6 Å². The number of carbonyl (C=O) groups excluding carboxylic acids is 3. The van der Waals surface area contributed by atoms with Crippen LogP contribution in [-0.2, 0) is 32.0 Å². The van der Waals surface area contributed by atoms with Crippen molar-refractivity contribution in [2.45, 2.75) is 74.7 Å². The van der Waals surface area contributed by atoms with Crippen LogP contribution in [0.1, 0.15) is 48.8 Å². The minimum Gasteiger partial charge on any atom is -0.361 e. The Kier molecular flexibility index (Phi) is 5.86. The summed E-state index contributed by atoms with van der Waals surface area (Å²) >= 11 is 0. The predicted octanol–water partition coefficient (Wildman–Crippen LogP) is 2.08. The molecular formula is C33H37N5O5. The van der Waals surface area contributed by atoms with Crippen molar-refractivity contribution in [3.05, 3.63) is 71.4 Å². The molecule has 3 aromatic rings. The molecule has 1 aromatic heterocycles. The van der Waals surface area contributed by atoms with Gasteiger partial charge >= 0.3 is 0 Å². The minimum absolute atomic E-state index is 0.171. The molecule has 7 atom stereocenters. The van der Waals surface area contributed by atoms with Crippen LogP contribution in [0.25, 0.3) is 10.9 Å². The first-order valence-electron chi connectivity index (χ1n) is 15.4. The highest BCUT2D eigenvalue weighted by Gasteiger charge is 2.70. The predicted molar refractivity (Wildman–Crippen MR) is 157 cm³/mol. The standard InChI is InChI=1S/C33H37N5O5/c1-32(35-29(39)21-15-23-22-10-6-11-24-28(22)20(17-34-24)16-25(23)36(2)18-21)31(41)38-26(14-19-8-4-3-5-9-19)30(40)37-13-7-12-27(37)33(38,42)43-32/h3-6,8-11,17,21,23,25-27,34,42H,7,12-16,18H2,1-2H3,(H,35,39)/t21-,23-,25-,26+,27-,32-,33?/m1/s1. The van der Waals surface area contributed by atoms with Crippen LogP contribution in [0, 0.1) is 5.92 Å². The molecule has 5 aliphatic rings.